The standard InChI is InChI=1S/C26H34FN9O3/c1-34(2)11-12-35(26(38)39)18-7-5-17(6-8-18)31-23-13-21(30-16-3-4-16)24-29-15-22(36(24)33-23)25(37)32-20-9-10-28-14-19(20)27/h9-10,13-18,30H,3-8,11-12H2,1-2H3,(H,31,33)(H,38,39)(H,28,32,37)/t17-,18-. The van der Waals surface area contributed by atoms with E-state index in [0.717, 1.165) is 50.4 Å². The third kappa shape index (κ3) is 6.36. The van der Waals surface area contributed by atoms with Crippen molar-refractivity contribution in [2.45, 2.75) is 56.7 Å². The average molecular weight is 540 g/mol. The van der Waals surface area contributed by atoms with E-state index in [2.05, 4.69) is 31.0 Å². The van der Waals surface area contributed by atoms with Crippen LogP contribution < -0.4 is 16.0 Å². The van der Waals surface area contributed by atoms with Gasteiger partial charge in [-0.05, 0) is 58.7 Å². The number of imidazole rings is 1. The third-order valence-electron chi connectivity index (χ3n) is 7.18. The van der Waals surface area contributed by atoms with Gasteiger partial charge in [0.2, 0.25) is 0 Å². The van der Waals surface area contributed by atoms with E-state index in [1.165, 1.54) is 23.0 Å². The minimum absolute atomic E-state index is 0.0134. The first kappa shape index (κ1) is 26.6. The van der Waals surface area contributed by atoms with Crippen molar-refractivity contribution in [2.75, 3.05) is 43.1 Å². The Morgan fingerprint density at radius 2 is 1.77 bits per heavy atom. The summed E-state index contributed by atoms with van der Waals surface area (Å²) >= 11 is 0. The molecule has 2 aliphatic rings. The Balaban J connectivity index is 1.32. The smallest absolute Gasteiger partial charge is 0.407 e. The summed E-state index contributed by atoms with van der Waals surface area (Å²) in [7, 11) is 3.87. The van der Waals surface area contributed by atoms with Crippen LogP contribution in [0, 0.1) is 5.82 Å². The normalized spacial score (nSPS) is 19.2. The molecule has 2 aliphatic carbocycles. The number of anilines is 3. The molecule has 0 saturated heterocycles. The summed E-state index contributed by atoms with van der Waals surface area (Å²) in [5, 5.41) is 23.9. The molecule has 0 radical (unpaired) electrons. The summed E-state index contributed by atoms with van der Waals surface area (Å²) in [6, 6.07) is 3.73. The fourth-order valence-corrected chi connectivity index (χ4v) is 4.89. The molecule has 0 atom stereocenters. The minimum Gasteiger partial charge on any atom is -0.465 e. The van der Waals surface area contributed by atoms with E-state index in [1.807, 2.05) is 25.1 Å². The molecule has 39 heavy (non-hydrogen) atoms. The first-order chi connectivity index (χ1) is 18.8. The number of fused-ring (bicyclic) bond motifs is 1. The van der Waals surface area contributed by atoms with Crippen LogP contribution in [-0.4, -0.2) is 91.8 Å². The Bertz CT molecular complexity index is 1340. The molecule has 0 aliphatic heterocycles. The number of likely N-dealkylation sites (N-methyl/N-ethyl adjacent to an activating group) is 1. The highest BCUT2D eigenvalue weighted by atomic mass is 19.1. The Kier molecular flexibility index (Phi) is 7.77. The van der Waals surface area contributed by atoms with Gasteiger partial charge < -0.3 is 30.9 Å². The van der Waals surface area contributed by atoms with Crippen LogP contribution in [0.25, 0.3) is 5.65 Å². The lowest BCUT2D eigenvalue weighted by Gasteiger charge is -2.36. The minimum atomic E-state index is -0.881. The average Bonchev–Trinajstić information content (AvgIpc) is 3.61. The Morgan fingerprint density at radius 1 is 1.05 bits per heavy atom. The van der Waals surface area contributed by atoms with E-state index >= 15 is 0 Å². The molecule has 0 bridgehead atoms. The van der Waals surface area contributed by atoms with Gasteiger partial charge in [0.25, 0.3) is 5.91 Å². The number of amides is 2. The number of hydrogen-bond acceptors (Lipinski definition) is 8. The van der Waals surface area contributed by atoms with E-state index in [9.17, 15) is 19.1 Å². The van der Waals surface area contributed by atoms with E-state index in [-0.39, 0.29) is 23.5 Å². The second-order valence-electron chi connectivity index (χ2n) is 10.5. The zero-order chi connectivity index (χ0) is 27.5. The number of carbonyl (C=O) groups is 2. The maximum Gasteiger partial charge on any atom is 0.407 e. The van der Waals surface area contributed by atoms with Crippen molar-refractivity contribution in [1.29, 1.82) is 0 Å². The number of rotatable bonds is 10. The SMILES string of the molecule is CN(C)CCN(C(=O)O)[C@H]1CC[C@H](Nc2cc(NC3CC3)c3ncc(C(=O)Nc4ccncc4F)n3n2)CC1. The molecule has 3 aromatic heterocycles. The van der Waals surface area contributed by atoms with Crippen LogP contribution in [0.5, 0.6) is 0 Å². The van der Waals surface area contributed by atoms with Gasteiger partial charge in [0, 0.05) is 43.5 Å². The summed E-state index contributed by atoms with van der Waals surface area (Å²) in [5.41, 5.74) is 1.46. The van der Waals surface area contributed by atoms with E-state index < -0.39 is 17.8 Å². The number of pyridine rings is 1. The van der Waals surface area contributed by atoms with Crippen LogP contribution in [0.3, 0.4) is 0 Å². The van der Waals surface area contributed by atoms with Crippen LogP contribution in [0.4, 0.5) is 26.4 Å². The van der Waals surface area contributed by atoms with Crippen LogP contribution in [0.15, 0.2) is 30.7 Å². The molecule has 0 spiro atoms. The van der Waals surface area contributed by atoms with Crippen LogP contribution in [0.2, 0.25) is 0 Å². The molecule has 3 aromatic rings. The van der Waals surface area contributed by atoms with Gasteiger partial charge in [-0.2, -0.15) is 0 Å². The van der Waals surface area contributed by atoms with Crippen LogP contribution >= 0.6 is 0 Å². The number of nitrogens with one attached hydrogen (secondary N) is 3. The van der Waals surface area contributed by atoms with Crippen LogP contribution in [0.1, 0.15) is 49.0 Å². The predicted molar refractivity (Wildman–Crippen MR) is 145 cm³/mol. The van der Waals surface area contributed by atoms with Gasteiger partial charge in [-0.1, -0.05) is 0 Å². The number of carbonyl (C=O) groups excluding carboxylic acids is 1. The van der Waals surface area contributed by atoms with Gasteiger partial charge in [-0.3, -0.25) is 9.78 Å². The maximum atomic E-state index is 14.1. The molecule has 5 rings (SSSR count). The summed E-state index contributed by atoms with van der Waals surface area (Å²) in [5.74, 6) is -0.592. The fourth-order valence-electron chi connectivity index (χ4n) is 4.89. The number of nitrogens with zero attached hydrogens (tertiary/aromatic N) is 6. The van der Waals surface area contributed by atoms with E-state index in [0.29, 0.717) is 30.6 Å². The van der Waals surface area contributed by atoms with Gasteiger partial charge in [-0.15, -0.1) is 5.10 Å². The molecule has 2 amide bonds. The van der Waals surface area contributed by atoms with Gasteiger partial charge in [0.05, 0.1) is 23.8 Å². The highest BCUT2D eigenvalue weighted by Gasteiger charge is 2.30. The van der Waals surface area contributed by atoms with E-state index in [1.54, 1.807) is 4.90 Å². The number of halogens is 1. The van der Waals surface area contributed by atoms with Crippen molar-refractivity contribution < 1.29 is 19.1 Å². The first-order valence-corrected chi connectivity index (χ1v) is 13.3. The van der Waals surface area contributed by atoms with E-state index in [4.69, 9.17) is 0 Å². The van der Waals surface area contributed by atoms with Gasteiger partial charge in [-0.25, -0.2) is 18.7 Å². The number of aromatic nitrogens is 4. The molecule has 208 valence electrons. The summed E-state index contributed by atoms with van der Waals surface area (Å²) in [6.07, 6.45) is 8.19. The molecular weight excluding hydrogens is 505 g/mol. The lowest BCUT2D eigenvalue weighted by atomic mass is 9.90. The molecule has 13 heteroatoms. The topological polar surface area (TPSA) is 140 Å². The summed E-state index contributed by atoms with van der Waals surface area (Å²) in [6.45, 7) is 1.16. The van der Waals surface area contributed by atoms with Gasteiger partial charge in [0.1, 0.15) is 5.82 Å². The quantitative estimate of drug-likeness (QED) is 0.305. The molecule has 12 nitrogen and oxygen atoms in total. The van der Waals surface area contributed by atoms with Gasteiger partial charge in [0.15, 0.2) is 17.2 Å². The second kappa shape index (κ2) is 11.4. The third-order valence-corrected chi connectivity index (χ3v) is 7.18. The Labute approximate surface area is 225 Å². The largest absolute Gasteiger partial charge is 0.465 e. The zero-order valence-electron chi connectivity index (χ0n) is 22.1. The van der Waals surface area contributed by atoms with Crippen molar-refractivity contribution in [2.24, 2.45) is 0 Å². The first-order valence-electron chi connectivity index (χ1n) is 13.3. The van der Waals surface area contributed by atoms with Crippen molar-refractivity contribution in [1.82, 2.24) is 29.4 Å². The second-order valence-corrected chi connectivity index (χ2v) is 10.5. The lowest BCUT2D eigenvalue weighted by Crippen LogP contribution is -2.46. The number of hydrogen-bond donors (Lipinski definition) is 4. The van der Waals surface area contributed by atoms with Gasteiger partial charge >= 0.3 is 6.09 Å². The summed E-state index contributed by atoms with van der Waals surface area (Å²) < 4.78 is 15.5. The molecular formula is C26H34FN9O3. The summed E-state index contributed by atoms with van der Waals surface area (Å²) in [4.78, 5) is 36.6. The predicted octanol–water partition coefficient (Wildman–Crippen LogP) is 3.35. The maximum absolute atomic E-state index is 14.1. The zero-order valence-corrected chi connectivity index (χ0v) is 22.1. The molecule has 3 heterocycles. The fraction of sp³-hybridized carbons (Fsp3) is 0.500. The Morgan fingerprint density at radius 3 is 2.44 bits per heavy atom. The Hall–Kier alpha value is -4.00. The monoisotopic (exact) mass is 539 g/mol. The molecule has 0 aromatic carbocycles. The highest BCUT2D eigenvalue weighted by Crippen LogP contribution is 2.30. The molecule has 4 N–H and O–H groups in total. The van der Waals surface area contributed by atoms with Crippen molar-refractivity contribution in [3.63, 3.8) is 0 Å². The lowest BCUT2D eigenvalue weighted by molar-refractivity contribution is 0.101. The van der Waals surface area contributed by atoms with Crippen molar-refractivity contribution >= 4 is 34.8 Å². The van der Waals surface area contributed by atoms with Crippen molar-refractivity contribution in [3.05, 3.63) is 42.2 Å². The molecule has 2 fully saturated rings. The molecule has 2 saturated carbocycles. The van der Waals surface area contributed by atoms with Crippen molar-refractivity contribution in [3.8, 4) is 0 Å². The van der Waals surface area contributed by atoms with Crippen LogP contribution in [-0.2, 0) is 0 Å². The number of carboxylic acid groups (broad SMARTS) is 1. The highest BCUT2D eigenvalue weighted by molar-refractivity contribution is 6.03. The molecule has 0 unspecified atom stereocenters.